The summed E-state index contributed by atoms with van der Waals surface area (Å²) in [7, 11) is 0. The lowest BCUT2D eigenvalue weighted by atomic mass is 10.0. The lowest BCUT2D eigenvalue weighted by Gasteiger charge is -2.10. The van der Waals surface area contributed by atoms with Gasteiger partial charge in [-0.25, -0.2) is 0 Å². The van der Waals surface area contributed by atoms with Gasteiger partial charge in [-0.2, -0.15) is 0 Å². The van der Waals surface area contributed by atoms with Crippen molar-refractivity contribution in [3.8, 4) is 22.3 Å². The third kappa shape index (κ3) is 3.83. The molecule has 4 N–H and O–H groups in total. The molecule has 3 heteroatoms. The average molecular weight is 369 g/mol. The molecule has 4 rings (SSSR count). The number of rotatable bonds is 4. The Bertz CT molecular complexity index is 1000. The molecule has 0 heterocycles. The molecule has 4 aromatic carbocycles. The minimum atomic E-state index is 0.793. The Morgan fingerprint density at radius 2 is 0.926 bits per heavy atom. The Balaban J connectivity index is 1.64. The highest BCUT2D eigenvalue weighted by Crippen LogP contribution is 2.35. The molecular weight excluding hydrogens is 348 g/mol. The highest BCUT2D eigenvalue weighted by molar-refractivity contribution is 7.99. The van der Waals surface area contributed by atoms with E-state index in [-0.39, 0.29) is 0 Å². The first-order valence-electron chi connectivity index (χ1n) is 8.78. The van der Waals surface area contributed by atoms with Crippen molar-refractivity contribution in [2.24, 2.45) is 0 Å². The van der Waals surface area contributed by atoms with Gasteiger partial charge < -0.3 is 11.5 Å². The predicted octanol–water partition coefficient (Wildman–Crippen LogP) is 6.34. The largest absolute Gasteiger partial charge is 0.398 e. The van der Waals surface area contributed by atoms with Gasteiger partial charge in [0.05, 0.1) is 0 Å². The van der Waals surface area contributed by atoms with Gasteiger partial charge >= 0.3 is 0 Å². The third-order valence-corrected chi connectivity index (χ3v) is 5.43. The van der Waals surface area contributed by atoms with Gasteiger partial charge in [-0.1, -0.05) is 72.4 Å². The fourth-order valence-corrected chi connectivity index (χ4v) is 4.05. The molecule has 0 bridgehead atoms. The Labute approximate surface area is 163 Å². The van der Waals surface area contributed by atoms with E-state index in [0.29, 0.717) is 0 Å². The van der Waals surface area contributed by atoms with Crippen LogP contribution >= 0.6 is 11.8 Å². The third-order valence-electron chi connectivity index (χ3n) is 4.45. The predicted molar refractivity (Wildman–Crippen MR) is 117 cm³/mol. The van der Waals surface area contributed by atoms with Gasteiger partial charge in [0.25, 0.3) is 0 Å². The van der Waals surface area contributed by atoms with E-state index in [1.807, 2.05) is 36.4 Å². The van der Waals surface area contributed by atoms with Crippen molar-refractivity contribution in [2.45, 2.75) is 9.79 Å². The van der Waals surface area contributed by atoms with E-state index in [4.69, 9.17) is 11.5 Å². The molecule has 0 radical (unpaired) electrons. The number of para-hydroxylation sites is 2. The van der Waals surface area contributed by atoms with Crippen molar-refractivity contribution in [1.82, 2.24) is 0 Å². The van der Waals surface area contributed by atoms with E-state index >= 15 is 0 Å². The summed E-state index contributed by atoms with van der Waals surface area (Å²) < 4.78 is 0. The summed E-state index contributed by atoms with van der Waals surface area (Å²) in [4.78, 5) is 2.35. The fourth-order valence-electron chi connectivity index (χ4n) is 3.11. The van der Waals surface area contributed by atoms with Crippen molar-refractivity contribution in [3.05, 3.63) is 97.1 Å². The zero-order chi connectivity index (χ0) is 18.6. The van der Waals surface area contributed by atoms with E-state index in [2.05, 4.69) is 60.7 Å². The summed E-state index contributed by atoms with van der Waals surface area (Å²) in [6.07, 6.45) is 0. The zero-order valence-corrected chi connectivity index (χ0v) is 15.6. The van der Waals surface area contributed by atoms with Crippen molar-refractivity contribution in [3.63, 3.8) is 0 Å². The van der Waals surface area contributed by atoms with Gasteiger partial charge in [-0.3, -0.25) is 0 Å². The molecule has 0 saturated carbocycles. The highest BCUT2D eigenvalue weighted by Gasteiger charge is 2.06. The van der Waals surface area contributed by atoms with Gasteiger partial charge in [0, 0.05) is 32.3 Å². The molecule has 0 fully saturated rings. The number of anilines is 2. The maximum Gasteiger partial charge on any atom is 0.0393 e. The van der Waals surface area contributed by atoms with Crippen LogP contribution in [0.2, 0.25) is 0 Å². The van der Waals surface area contributed by atoms with E-state index in [0.717, 1.165) is 33.6 Å². The van der Waals surface area contributed by atoms with E-state index < -0.39 is 0 Å². The van der Waals surface area contributed by atoms with Crippen LogP contribution in [0.25, 0.3) is 22.3 Å². The number of hydrogen-bond acceptors (Lipinski definition) is 3. The summed E-state index contributed by atoms with van der Waals surface area (Å²) >= 11 is 1.74. The molecule has 0 spiro atoms. The van der Waals surface area contributed by atoms with E-state index in [1.165, 1.54) is 9.79 Å². The highest BCUT2D eigenvalue weighted by atomic mass is 32.2. The van der Waals surface area contributed by atoms with Gasteiger partial charge in [-0.15, -0.1) is 0 Å². The number of nitrogens with two attached hydrogens (primary N) is 2. The Morgan fingerprint density at radius 3 is 1.37 bits per heavy atom. The minimum absolute atomic E-state index is 0.793. The second-order valence-electron chi connectivity index (χ2n) is 6.33. The van der Waals surface area contributed by atoms with Crippen molar-refractivity contribution in [1.29, 1.82) is 0 Å². The van der Waals surface area contributed by atoms with E-state index in [1.54, 1.807) is 11.8 Å². The Hall–Kier alpha value is -3.17. The molecule has 0 aliphatic heterocycles. The molecular formula is C24H20N2S. The van der Waals surface area contributed by atoms with Crippen LogP contribution in [0.4, 0.5) is 11.4 Å². The molecule has 132 valence electrons. The molecule has 0 aromatic heterocycles. The quantitative estimate of drug-likeness (QED) is 0.413. The minimum Gasteiger partial charge on any atom is -0.398 e. The SMILES string of the molecule is Nc1ccccc1-c1cccc(Sc2cccc(-c3ccccc3N)c2)c1. The first kappa shape index (κ1) is 17.3. The smallest absolute Gasteiger partial charge is 0.0393 e. The average Bonchev–Trinajstić information content (AvgIpc) is 2.69. The van der Waals surface area contributed by atoms with Gasteiger partial charge in [0.1, 0.15) is 0 Å². The van der Waals surface area contributed by atoms with Crippen LogP contribution in [0.5, 0.6) is 0 Å². The standard InChI is InChI=1S/C24H20N2S/c25-23-13-3-1-11-21(23)17-7-5-9-19(15-17)27-20-10-6-8-18(16-20)22-12-2-4-14-24(22)26/h1-16H,25-26H2. The molecule has 27 heavy (non-hydrogen) atoms. The summed E-state index contributed by atoms with van der Waals surface area (Å²) in [5, 5.41) is 0. The van der Waals surface area contributed by atoms with Crippen LogP contribution in [-0.2, 0) is 0 Å². The van der Waals surface area contributed by atoms with Gasteiger partial charge in [0.15, 0.2) is 0 Å². The van der Waals surface area contributed by atoms with E-state index in [9.17, 15) is 0 Å². The molecule has 4 aromatic rings. The van der Waals surface area contributed by atoms with Crippen LogP contribution in [-0.4, -0.2) is 0 Å². The summed E-state index contributed by atoms with van der Waals surface area (Å²) in [5.41, 5.74) is 18.2. The lowest BCUT2D eigenvalue weighted by molar-refractivity contribution is 1.40. The Morgan fingerprint density at radius 1 is 0.481 bits per heavy atom. The van der Waals surface area contributed by atoms with Crippen LogP contribution in [0.15, 0.2) is 107 Å². The molecule has 0 amide bonds. The molecule has 0 unspecified atom stereocenters. The van der Waals surface area contributed by atoms with Crippen molar-refractivity contribution in [2.75, 3.05) is 11.5 Å². The van der Waals surface area contributed by atoms with Crippen LogP contribution in [0.1, 0.15) is 0 Å². The van der Waals surface area contributed by atoms with Gasteiger partial charge in [0.2, 0.25) is 0 Å². The summed E-state index contributed by atoms with van der Waals surface area (Å²) in [6.45, 7) is 0. The normalized spacial score (nSPS) is 10.7. The molecule has 0 saturated heterocycles. The maximum absolute atomic E-state index is 6.14. The van der Waals surface area contributed by atoms with Gasteiger partial charge in [-0.05, 0) is 47.5 Å². The van der Waals surface area contributed by atoms with Crippen LogP contribution < -0.4 is 11.5 Å². The maximum atomic E-state index is 6.14. The molecule has 0 aliphatic rings. The second-order valence-corrected chi connectivity index (χ2v) is 7.48. The molecule has 0 atom stereocenters. The first-order chi connectivity index (χ1) is 13.2. The molecule has 2 nitrogen and oxygen atoms in total. The monoisotopic (exact) mass is 368 g/mol. The summed E-state index contributed by atoms with van der Waals surface area (Å²) in [5.74, 6) is 0. The van der Waals surface area contributed by atoms with Crippen LogP contribution in [0, 0.1) is 0 Å². The fraction of sp³-hybridized carbons (Fsp3) is 0. The van der Waals surface area contributed by atoms with Crippen LogP contribution in [0.3, 0.4) is 0 Å². The first-order valence-corrected chi connectivity index (χ1v) is 9.60. The zero-order valence-electron chi connectivity index (χ0n) is 14.8. The van der Waals surface area contributed by atoms with Crippen molar-refractivity contribution >= 4 is 23.1 Å². The number of nitrogen functional groups attached to an aromatic ring is 2. The number of hydrogen-bond donors (Lipinski definition) is 2. The lowest BCUT2D eigenvalue weighted by Crippen LogP contribution is -1.89. The Kier molecular flexibility index (Phi) is 4.86. The molecule has 0 aliphatic carbocycles. The topological polar surface area (TPSA) is 52.0 Å². The summed E-state index contributed by atoms with van der Waals surface area (Å²) in [6, 6.07) is 32.9. The van der Waals surface area contributed by atoms with Crippen molar-refractivity contribution < 1.29 is 0 Å². The number of benzene rings is 4. The second kappa shape index (κ2) is 7.60.